The van der Waals surface area contributed by atoms with Crippen LogP contribution in [0.5, 0.6) is 11.5 Å². The van der Waals surface area contributed by atoms with Gasteiger partial charge in [0, 0.05) is 5.69 Å². The van der Waals surface area contributed by atoms with E-state index in [1.165, 1.54) is 36.3 Å². The Labute approximate surface area is 211 Å². The number of nitrogens with zero attached hydrogens (tertiary/aromatic N) is 1. The molecule has 9 heteroatoms. The number of rotatable bonds is 7. The summed E-state index contributed by atoms with van der Waals surface area (Å²) in [6, 6.07) is 18.2. The predicted octanol–water partition coefficient (Wildman–Crippen LogP) is 5.57. The van der Waals surface area contributed by atoms with Crippen molar-refractivity contribution in [3.8, 4) is 11.5 Å². The number of halogens is 1. The molecule has 35 heavy (non-hydrogen) atoms. The molecule has 1 N–H and O–H groups in total. The fraction of sp³-hybridized carbons (Fsp3) is 0.115. The molecular formula is C26H21FN2O4S2. The van der Waals surface area contributed by atoms with Crippen LogP contribution in [0.1, 0.15) is 11.1 Å². The van der Waals surface area contributed by atoms with Crippen molar-refractivity contribution in [2.24, 2.45) is 0 Å². The molecule has 1 fully saturated rings. The van der Waals surface area contributed by atoms with Crippen molar-refractivity contribution in [2.45, 2.75) is 6.92 Å². The summed E-state index contributed by atoms with van der Waals surface area (Å²) in [6.45, 7) is 1.71. The summed E-state index contributed by atoms with van der Waals surface area (Å²) in [4.78, 5) is 27.0. The van der Waals surface area contributed by atoms with Crippen molar-refractivity contribution in [3.63, 3.8) is 0 Å². The van der Waals surface area contributed by atoms with E-state index >= 15 is 0 Å². The second kappa shape index (κ2) is 10.7. The number of aryl methyl sites for hydroxylation is 1. The summed E-state index contributed by atoms with van der Waals surface area (Å²) in [5.41, 5.74) is 2.87. The van der Waals surface area contributed by atoms with Crippen molar-refractivity contribution in [1.82, 2.24) is 0 Å². The molecule has 0 atom stereocenters. The van der Waals surface area contributed by atoms with Crippen LogP contribution in [0.3, 0.4) is 0 Å². The fourth-order valence-corrected chi connectivity index (χ4v) is 4.67. The number of para-hydroxylation sites is 1. The van der Waals surface area contributed by atoms with Crippen LogP contribution in [0.2, 0.25) is 0 Å². The van der Waals surface area contributed by atoms with E-state index in [0.717, 1.165) is 23.0 Å². The lowest BCUT2D eigenvalue weighted by atomic mass is 10.1. The molecular weight excluding hydrogens is 487 g/mol. The zero-order chi connectivity index (χ0) is 24.9. The molecule has 4 rings (SSSR count). The molecule has 0 bridgehead atoms. The lowest BCUT2D eigenvalue weighted by molar-refractivity contribution is -0.118. The molecule has 2 amide bonds. The van der Waals surface area contributed by atoms with Gasteiger partial charge in [-0.15, -0.1) is 0 Å². The Balaban J connectivity index is 1.45. The number of carbonyl (C=O) groups excluding carboxylic acids is 2. The highest BCUT2D eigenvalue weighted by Gasteiger charge is 2.33. The standard InChI is InChI=1S/C26H21FN2O4S2/c1-16-5-3-4-6-20(16)28-24(30)15-33-21-12-7-17(13-22(21)32-2)14-23-25(31)29(26(34)35-23)19-10-8-18(27)9-11-19/h3-14H,15H2,1-2H3,(H,28,30)/b23-14-. The van der Waals surface area contributed by atoms with Crippen molar-refractivity contribution in [1.29, 1.82) is 0 Å². The Kier molecular flexibility index (Phi) is 7.48. The summed E-state index contributed by atoms with van der Waals surface area (Å²) >= 11 is 6.52. The lowest BCUT2D eigenvalue weighted by Gasteiger charge is -2.14. The second-order valence-corrected chi connectivity index (χ2v) is 9.23. The summed E-state index contributed by atoms with van der Waals surface area (Å²) in [5.74, 6) is -0.176. The van der Waals surface area contributed by atoms with Crippen LogP contribution < -0.4 is 19.7 Å². The van der Waals surface area contributed by atoms with Gasteiger partial charge in [0.25, 0.3) is 11.8 Å². The third kappa shape index (κ3) is 5.70. The van der Waals surface area contributed by atoms with Gasteiger partial charge in [-0.1, -0.05) is 48.2 Å². The minimum atomic E-state index is -0.392. The lowest BCUT2D eigenvalue weighted by Crippen LogP contribution is -2.27. The van der Waals surface area contributed by atoms with Crippen LogP contribution in [0.4, 0.5) is 15.8 Å². The molecule has 178 valence electrons. The number of thioether (sulfide) groups is 1. The number of thiocarbonyl (C=S) groups is 1. The van der Waals surface area contributed by atoms with Gasteiger partial charge in [-0.05, 0) is 66.6 Å². The maximum atomic E-state index is 13.3. The molecule has 1 aliphatic heterocycles. The molecule has 1 heterocycles. The van der Waals surface area contributed by atoms with E-state index in [2.05, 4.69) is 5.32 Å². The first-order valence-electron chi connectivity index (χ1n) is 10.6. The van der Waals surface area contributed by atoms with E-state index in [9.17, 15) is 14.0 Å². The molecule has 0 saturated carbocycles. The third-order valence-electron chi connectivity index (χ3n) is 5.14. The Hall–Kier alpha value is -3.69. The van der Waals surface area contributed by atoms with Gasteiger partial charge in [0.2, 0.25) is 0 Å². The minimum absolute atomic E-state index is 0.194. The molecule has 3 aromatic rings. The van der Waals surface area contributed by atoms with E-state index in [0.29, 0.717) is 32.0 Å². The Bertz CT molecular complexity index is 1330. The van der Waals surface area contributed by atoms with Crippen LogP contribution in [-0.2, 0) is 9.59 Å². The molecule has 0 radical (unpaired) electrons. The number of methoxy groups -OCH3 is 1. The number of carbonyl (C=O) groups is 2. The van der Waals surface area contributed by atoms with Gasteiger partial charge in [-0.3, -0.25) is 14.5 Å². The Morgan fingerprint density at radius 1 is 1.11 bits per heavy atom. The molecule has 6 nitrogen and oxygen atoms in total. The molecule has 1 aliphatic rings. The van der Waals surface area contributed by atoms with Crippen LogP contribution >= 0.6 is 24.0 Å². The van der Waals surface area contributed by atoms with E-state index in [-0.39, 0.29) is 18.4 Å². The summed E-state index contributed by atoms with van der Waals surface area (Å²) in [5, 5.41) is 2.82. The number of anilines is 2. The number of benzene rings is 3. The minimum Gasteiger partial charge on any atom is -0.493 e. The van der Waals surface area contributed by atoms with Crippen molar-refractivity contribution in [3.05, 3.63) is 88.6 Å². The second-order valence-electron chi connectivity index (χ2n) is 7.56. The van der Waals surface area contributed by atoms with Gasteiger partial charge in [0.15, 0.2) is 22.4 Å². The molecule has 1 saturated heterocycles. The summed E-state index contributed by atoms with van der Waals surface area (Å²) in [6.07, 6.45) is 1.69. The van der Waals surface area contributed by atoms with Crippen molar-refractivity contribution in [2.75, 3.05) is 23.9 Å². The van der Waals surface area contributed by atoms with E-state index in [1.54, 1.807) is 24.3 Å². The molecule has 0 aliphatic carbocycles. The quantitative estimate of drug-likeness (QED) is 0.333. The van der Waals surface area contributed by atoms with Crippen LogP contribution in [0.25, 0.3) is 6.08 Å². The molecule has 0 spiro atoms. The number of amides is 2. The fourth-order valence-electron chi connectivity index (χ4n) is 3.37. The first-order valence-corrected chi connectivity index (χ1v) is 11.8. The number of nitrogens with one attached hydrogen (secondary N) is 1. The number of hydrogen-bond acceptors (Lipinski definition) is 6. The third-order valence-corrected chi connectivity index (χ3v) is 6.44. The first kappa shape index (κ1) is 24.4. The van der Waals surface area contributed by atoms with Gasteiger partial charge in [0.05, 0.1) is 17.7 Å². The van der Waals surface area contributed by atoms with Crippen LogP contribution in [0, 0.1) is 12.7 Å². The monoisotopic (exact) mass is 508 g/mol. The SMILES string of the molecule is COc1cc(/C=C2\SC(=S)N(c3ccc(F)cc3)C2=O)ccc1OCC(=O)Nc1ccccc1C. The van der Waals surface area contributed by atoms with Crippen LogP contribution in [0.15, 0.2) is 71.6 Å². The van der Waals surface area contributed by atoms with E-state index in [1.807, 2.05) is 31.2 Å². The van der Waals surface area contributed by atoms with Gasteiger partial charge < -0.3 is 14.8 Å². The van der Waals surface area contributed by atoms with Crippen molar-refractivity contribution >= 4 is 57.6 Å². The van der Waals surface area contributed by atoms with Gasteiger partial charge in [-0.25, -0.2) is 4.39 Å². The van der Waals surface area contributed by atoms with Crippen LogP contribution in [-0.4, -0.2) is 29.9 Å². The Morgan fingerprint density at radius 3 is 2.57 bits per heavy atom. The van der Waals surface area contributed by atoms with E-state index in [4.69, 9.17) is 21.7 Å². The first-order chi connectivity index (χ1) is 16.9. The average molecular weight is 509 g/mol. The summed E-state index contributed by atoms with van der Waals surface area (Å²) < 4.78 is 24.7. The largest absolute Gasteiger partial charge is 0.493 e. The zero-order valence-electron chi connectivity index (χ0n) is 18.9. The van der Waals surface area contributed by atoms with Gasteiger partial charge in [0.1, 0.15) is 5.82 Å². The molecule has 0 unspecified atom stereocenters. The maximum absolute atomic E-state index is 13.3. The topological polar surface area (TPSA) is 67.9 Å². The average Bonchev–Trinajstić information content (AvgIpc) is 3.12. The highest BCUT2D eigenvalue weighted by atomic mass is 32.2. The smallest absolute Gasteiger partial charge is 0.270 e. The van der Waals surface area contributed by atoms with E-state index < -0.39 is 5.82 Å². The summed E-state index contributed by atoms with van der Waals surface area (Å²) in [7, 11) is 1.49. The molecule has 0 aromatic heterocycles. The zero-order valence-corrected chi connectivity index (χ0v) is 20.5. The Morgan fingerprint density at radius 2 is 1.86 bits per heavy atom. The van der Waals surface area contributed by atoms with Gasteiger partial charge >= 0.3 is 0 Å². The maximum Gasteiger partial charge on any atom is 0.270 e. The highest BCUT2D eigenvalue weighted by molar-refractivity contribution is 8.27. The van der Waals surface area contributed by atoms with Gasteiger partial charge in [-0.2, -0.15) is 0 Å². The number of ether oxygens (including phenoxy) is 2. The van der Waals surface area contributed by atoms with Crippen molar-refractivity contribution < 1.29 is 23.5 Å². The number of hydrogen-bond donors (Lipinski definition) is 1. The predicted molar refractivity (Wildman–Crippen MR) is 140 cm³/mol. The molecule has 3 aromatic carbocycles. The highest BCUT2D eigenvalue weighted by Crippen LogP contribution is 2.37. The normalized spacial score (nSPS) is 14.4.